The number of nitrogens with zero attached hydrogens (tertiary/aromatic N) is 1. The van der Waals surface area contributed by atoms with Gasteiger partial charge in [0.1, 0.15) is 0 Å². The van der Waals surface area contributed by atoms with E-state index in [1.165, 1.54) is 32.1 Å². The standard InChI is InChI=1S/C23H45NO4/c1-8-9-10-11-12-13-15-22(16-14-17-24-18-25)23(26-19(2)3,27-20(4)5)28-21(6)7/h19-22H,8-17H2,1-7H3. The summed E-state index contributed by atoms with van der Waals surface area (Å²) >= 11 is 0. The second-order valence-electron chi connectivity index (χ2n) is 8.47. The van der Waals surface area contributed by atoms with E-state index < -0.39 is 5.97 Å². The zero-order valence-electron chi connectivity index (χ0n) is 19.5. The SMILES string of the molecule is CCCCCCCCC(CCCN=C=O)C(OC(C)C)(OC(C)C)OC(C)C. The summed E-state index contributed by atoms with van der Waals surface area (Å²) in [5, 5.41) is 0. The maximum atomic E-state index is 10.4. The molecule has 0 aliphatic heterocycles. The van der Waals surface area contributed by atoms with Crippen LogP contribution in [0.2, 0.25) is 0 Å². The average Bonchev–Trinajstić information content (AvgIpc) is 2.57. The Morgan fingerprint density at radius 1 is 0.750 bits per heavy atom. The zero-order chi connectivity index (χ0) is 21.4. The number of carbonyl (C=O) groups excluding carboxylic acids is 1. The van der Waals surface area contributed by atoms with Gasteiger partial charge in [0.05, 0.1) is 24.9 Å². The third-order valence-corrected chi connectivity index (χ3v) is 4.49. The van der Waals surface area contributed by atoms with Crippen LogP contribution in [0.3, 0.4) is 0 Å². The Balaban J connectivity index is 5.33. The van der Waals surface area contributed by atoms with Crippen molar-refractivity contribution in [3.05, 3.63) is 0 Å². The van der Waals surface area contributed by atoms with Crippen LogP contribution in [0.4, 0.5) is 0 Å². The molecule has 0 saturated carbocycles. The van der Waals surface area contributed by atoms with E-state index in [-0.39, 0.29) is 24.2 Å². The molecule has 166 valence electrons. The van der Waals surface area contributed by atoms with Crippen LogP contribution in [-0.4, -0.2) is 36.9 Å². The highest BCUT2D eigenvalue weighted by molar-refractivity contribution is 5.32. The fourth-order valence-electron chi connectivity index (χ4n) is 3.49. The molecule has 1 atom stereocenters. The molecule has 28 heavy (non-hydrogen) atoms. The first-order valence-electron chi connectivity index (χ1n) is 11.3. The van der Waals surface area contributed by atoms with E-state index in [0.29, 0.717) is 6.54 Å². The highest BCUT2D eigenvalue weighted by Gasteiger charge is 2.44. The molecule has 5 heteroatoms. The Morgan fingerprint density at radius 2 is 1.21 bits per heavy atom. The van der Waals surface area contributed by atoms with Crippen LogP contribution in [0, 0.1) is 5.92 Å². The van der Waals surface area contributed by atoms with Gasteiger partial charge in [0.25, 0.3) is 5.97 Å². The van der Waals surface area contributed by atoms with Crippen molar-refractivity contribution < 1.29 is 19.0 Å². The molecule has 0 fully saturated rings. The molecule has 0 aromatic heterocycles. The highest BCUT2D eigenvalue weighted by Crippen LogP contribution is 2.37. The largest absolute Gasteiger partial charge is 0.324 e. The van der Waals surface area contributed by atoms with Gasteiger partial charge in [-0.1, -0.05) is 45.4 Å². The summed E-state index contributed by atoms with van der Waals surface area (Å²) in [7, 11) is 0. The Hall–Kier alpha value is -0.740. The predicted molar refractivity (Wildman–Crippen MR) is 115 cm³/mol. The van der Waals surface area contributed by atoms with E-state index in [1.807, 2.05) is 41.5 Å². The normalized spacial score (nSPS) is 13.4. The lowest BCUT2D eigenvalue weighted by molar-refractivity contribution is -0.433. The summed E-state index contributed by atoms with van der Waals surface area (Å²) in [6, 6.07) is 0. The molecule has 0 aliphatic rings. The summed E-state index contributed by atoms with van der Waals surface area (Å²) < 4.78 is 19.0. The fraction of sp³-hybridized carbons (Fsp3) is 0.957. The van der Waals surface area contributed by atoms with Crippen LogP contribution in [0.25, 0.3) is 0 Å². The maximum absolute atomic E-state index is 10.4. The number of unbranched alkanes of at least 4 members (excludes halogenated alkanes) is 5. The van der Waals surface area contributed by atoms with Crippen LogP contribution >= 0.6 is 0 Å². The lowest BCUT2D eigenvalue weighted by Crippen LogP contribution is -2.51. The van der Waals surface area contributed by atoms with Crippen molar-refractivity contribution in [1.29, 1.82) is 0 Å². The Bertz CT molecular complexity index is 390. The Labute approximate surface area is 173 Å². The minimum atomic E-state index is -1.06. The van der Waals surface area contributed by atoms with E-state index in [0.717, 1.165) is 25.7 Å². The number of hydrogen-bond acceptors (Lipinski definition) is 5. The van der Waals surface area contributed by atoms with Crippen LogP contribution in [0.1, 0.15) is 106 Å². The second-order valence-corrected chi connectivity index (χ2v) is 8.47. The first kappa shape index (κ1) is 27.3. The smallest absolute Gasteiger partial charge is 0.286 e. The van der Waals surface area contributed by atoms with Crippen molar-refractivity contribution in [1.82, 2.24) is 0 Å². The summed E-state index contributed by atoms with van der Waals surface area (Å²) in [6.45, 7) is 14.8. The molecule has 0 N–H and O–H groups in total. The number of aliphatic imine (C=N–C) groups is 1. The highest BCUT2D eigenvalue weighted by atomic mass is 16.9. The molecule has 0 bridgehead atoms. The van der Waals surface area contributed by atoms with Crippen molar-refractivity contribution in [2.45, 2.75) is 131 Å². The summed E-state index contributed by atoms with van der Waals surface area (Å²) in [5.41, 5.74) is 0. The molecule has 0 aromatic carbocycles. The van der Waals surface area contributed by atoms with E-state index in [2.05, 4.69) is 11.9 Å². The third kappa shape index (κ3) is 12.7. The monoisotopic (exact) mass is 399 g/mol. The molecule has 0 spiro atoms. The zero-order valence-corrected chi connectivity index (χ0v) is 19.5. The van der Waals surface area contributed by atoms with Gasteiger partial charge < -0.3 is 14.2 Å². The lowest BCUT2D eigenvalue weighted by atomic mass is 9.92. The topological polar surface area (TPSA) is 57.1 Å². The first-order chi connectivity index (χ1) is 13.3. The van der Waals surface area contributed by atoms with Gasteiger partial charge in [-0.2, -0.15) is 0 Å². The molecule has 0 aliphatic carbocycles. The van der Waals surface area contributed by atoms with Crippen molar-refractivity contribution in [3.8, 4) is 0 Å². The number of isocyanates is 1. The van der Waals surface area contributed by atoms with Crippen molar-refractivity contribution in [3.63, 3.8) is 0 Å². The van der Waals surface area contributed by atoms with Gasteiger partial charge in [0, 0.05) is 5.92 Å². The summed E-state index contributed by atoms with van der Waals surface area (Å²) in [4.78, 5) is 14.1. The van der Waals surface area contributed by atoms with Gasteiger partial charge in [0.2, 0.25) is 6.08 Å². The van der Waals surface area contributed by atoms with Gasteiger partial charge in [-0.05, 0) is 60.8 Å². The number of ether oxygens (including phenoxy) is 3. The molecule has 5 nitrogen and oxygen atoms in total. The maximum Gasteiger partial charge on any atom is 0.286 e. The molecular formula is C23H45NO4. The first-order valence-corrected chi connectivity index (χ1v) is 11.3. The van der Waals surface area contributed by atoms with Gasteiger partial charge in [-0.25, -0.2) is 9.79 Å². The van der Waals surface area contributed by atoms with E-state index in [4.69, 9.17) is 14.2 Å². The average molecular weight is 400 g/mol. The predicted octanol–water partition coefficient (Wildman–Crippen LogP) is 6.40. The van der Waals surface area contributed by atoms with Crippen molar-refractivity contribution >= 4 is 6.08 Å². The van der Waals surface area contributed by atoms with Gasteiger partial charge in [-0.3, -0.25) is 0 Å². The van der Waals surface area contributed by atoms with Crippen molar-refractivity contribution in [2.75, 3.05) is 6.54 Å². The molecular weight excluding hydrogens is 354 g/mol. The number of rotatable bonds is 18. The minimum absolute atomic E-state index is 0.0162. The quantitative estimate of drug-likeness (QED) is 0.116. The van der Waals surface area contributed by atoms with Crippen LogP contribution in [-0.2, 0) is 19.0 Å². The van der Waals surface area contributed by atoms with Crippen molar-refractivity contribution in [2.24, 2.45) is 10.9 Å². The van der Waals surface area contributed by atoms with Gasteiger partial charge in [-0.15, -0.1) is 0 Å². The molecule has 0 radical (unpaired) electrons. The molecule has 0 rings (SSSR count). The fourth-order valence-corrected chi connectivity index (χ4v) is 3.49. The third-order valence-electron chi connectivity index (χ3n) is 4.49. The molecule has 0 amide bonds. The van der Waals surface area contributed by atoms with E-state index >= 15 is 0 Å². The molecule has 0 aromatic rings. The van der Waals surface area contributed by atoms with E-state index in [1.54, 1.807) is 6.08 Å². The molecule has 0 saturated heterocycles. The molecule has 0 heterocycles. The van der Waals surface area contributed by atoms with E-state index in [9.17, 15) is 4.79 Å². The van der Waals surface area contributed by atoms with Gasteiger partial charge in [0.15, 0.2) is 0 Å². The van der Waals surface area contributed by atoms with Gasteiger partial charge >= 0.3 is 0 Å². The van der Waals surface area contributed by atoms with Crippen LogP contribution < -0.4 is 0 Å². The van der Waals surface area contributed by atoms with Crippen LogP contribution in [0.15, 0.2) is 4.99 Å². The minimum Gasteiger partial charge on any atom is -0.324 e. The number of hydrogen-bond donors (Lipinski definition) is 0. The Kier molecular flexibility index (Phi) is 15.7. The lowest BCUT2D eigenvalue weighted by Gasteiger charge is -2.43. The second kappa shape index (κ2) is 16.1. The Morgan fingerprint density at radius 3 is 1.68 bits per heavy atom. The van der Waals surface area contributed by atoms with Crippen LogP contribution in [0.5, 0.6) is 0 Å². The summed E-state index contributed by atoms with van der Waals surface area (Å²) in [5.74, 6) is -0.974. The molecule has 1 unspecified atom stereocenters. The summed E-state index contributed by atoms with van der Waals surface area (Å²) in [6.07, 6.45) is 11.7.